The molecule has 1 aromatic carbocycles. The van der Waals surface area contributed by atoms with Gasteiger partial charge in [-0.2, -0.15) is 0 Å². The Morgan fingerprint density at radius 2 is 1.79 bits per heavy atom. The van der Waals surface area contributed by atoms with Crippen LogP contribution in [0.1, 0.15) is 38.0 Å². The van der Waals surface area contributed by atoms with Crippen LogP contribution in [-0.4, -0.2) is 59.0 Å². The molecule has 6 heteroatoms. The summed E-state index contributed by atoms with van der Waals surface area (Å²) >= 11 is 0. The molecule has 3 saturated heterocycles. The van der Waals surface area contributed by atoms with Crippen molar-refractivity contribution in [3.63, 3.8) is 0 Å². The molecule has 2 unspecified atom stereocenters. The molecule has 2 bridgehead atoms. The van der Waals surface area contributed by atoms with Crippen LogP contribution >= 0.6 is 0 Å². The highest BCUT2D eigenvalue weighted by atomic mass is 16.4. The fraction of sp³-hybridized carbons (Fsp3) is 0.565. The first-order valence-electron chi connectivity index (χ1n) is 11.0. The van der Waals surface area contributed by atoms with Crippen molar-refractivity contribution in [1.82, 2.24) is 20.1 Å². The highest BCUT2D eigenvalue weighted by molar-refractivity contribution is 5.76. The molecule has 154 valence electrons. The Morgan fingerprint density at radius 1 is 1.07 bits per heavy atom. The summed E-state index contributed by atoms with van der Waals surface area (Å²) < 4.78 is 5.93. The average Bonchev–Trinajstić information content (AvgIpc) is 3.35. The zero-order valence-corrected chi connectivity index (χ0v) is 16.9. The number of amides is 1. The maximum absolute atomic E-state index is 12.8. The summed E-state index contributed by atoms with van der Waals surface area (Å²) in [5.74, 6) is 2.47. The van der Waals surface area contributed by atoms with Crippen molar-refractivity contribution in [2.45, 2.75) is 50.7 Å². The second-order valence-corrected chi connectivity index (χ2v) is 8.82. The number of piperazine rings is 1. The molecule has 1 amide bonds. The van der Waals surface area contributed by atoms with Gasteiger partial charge >= 0.3 is 0 Å². The van der Waals surface area contributed by atoms with E-state index in [2.05, 4.69) is 20.1 Å². The SMILES string of the molecule is O=C(CC1CC2CCC(C1)N2)N1CCN(Cc2ncc(-c3ccccc3)o2)CC1. The average molecular weight is 395 g/mol. The van der Waals surface area contributed by atoms with Crippen LogP contribution < -0.4 is 5.32 Å². The van der Waals surface area contributed by atoms with Gasteiger partial charge in [-0.1, -0.05) is 30.3 Å². The van der Waals surface area contributed by atoms with Crippen molar-refractivity contribution in [2.24, 2.45) is 5.92 Å². The highest BCUT2D eigenvalue weighted by Crippen LogP contribution is 2.33. The molecule has 2 aromatic rings. The highest BCUT2D eigenvalue weighted by Gasteiger charge is 2.35. The van der Waals surface area contributed by atoms with Crippen LogP contribution in [-0.2, 0) is 11.3 Å². The largest absolute Gasteiger partial charge is 0.439 e. The lowest BCUT2D eigenvalue weighted by molar-refractivity contribution is -0.134. The van der Waals surface area contributed by atoms with Gasteiger partial charge in [0.2, 0.25) is 11.8 Å². The Bertz CT molecular complexity index is 816. The van der Waals surface area contributed by atoms with Gasteiger partial charge in [0.25, 0.3) is 0 Å². The Labute approximate surface area is 172 Å². The number of nitrogens with one attached hydrogen (secondary N) is 1. The fourth-order valence-electron chi connectivity index (χ4n) is 5.18. The van der Waals surface area contributed by atoms with Gasteiger partial charge in [-0.3, -0.25) is 9.69 Å². The molecule has 5 rings (SSSR count). The van der Waals surface area contributed by atoms with E-state index in [1.54, 1.807) is 6.20 Å². The van der Waals surface area contributed by atoms with Gasteiger partial charge in [0, 0.05) is 50.2 Å². The van der Waals surface area contributed by atoms with E-state index in [0.717, 1.165) is 49.8 Å². The molecule has 0 saturated carbocycles. The van der Waals surface area contributed by atoms with E-state index in [4.69, 9.17) is 4.42 Å². The summed E-state index contributed by atoms with van der Waals surface area (Å²) in [5.41, 5.74) is 1.05. The third-order valence-electron chi connectivity index (χ3n) is 6.73. The van der Waals surface area contributed by atoms with Crippen LogP contribution in [0.3, 0.4) is 0 Å². The Morgan fingerprint density at radius 3 is 2.52 bits per heavy atom. The van der Waals surface area contributed by atoms with E-state index in [1.165, 1.54) is 25.7 Å². The predicted octanol–water partition coefficient (Wildman–Crippen LogP) is 2.91. The van der Waals surface area contributed by atoms with Gasteiger partial charge in [0.1, 0.15) is 0 Å². The maximum Gasteiger partial charge on any atom is 0.222 e. The number of rotatable bonds is 5. The lowest BCUT2D eigenvalue weighted by atomic mass is 9.89. The van der Waals surface area contributed by atoms with Crippen molar-refractivity contribution in [1.29, 1.82) is 0 Å². The second kappa shape index (κ2) is 8.28. The molecule has 2 atom stereocenters. The first-order valence-corrected chi connectivity index (χ1v) is 11.0. The molecule has 0 spiro atoms. The number of piperidine rings is 1. The van der Waals surface area contributed by atoms with Crippen LogP contribution in [0.5, 0.6) is 0 Å². The third kappa shape index (κ3) is 4.38. The molecule has 29 heavy (non-hydrogen) atoms. The van der Waals surface area contributed by atoms with Crippen LogP contribution in [0.15, 0.2) is 40.9 Å². The van der Waals surface area contributed by atoms with Gasteiger partial charge in [0.15, 0.2) is 5.76 Å². The van der Waals surface area contributed by atoms with E-state index >= 15 is 0 Å². The third-order valence-corrected chi connectivity index (χ3v) is 6.73. The quantitative estimate of drug-likeness (QED) is 0.845. The summed E-state index contributed by atoms with van der Waals surface area (Å²) in [7, 11) is 0. The minimum atomic E-state index is 0.346. The number of hydrogen-bond donors (Lipinski definition) is 1. The predicted molar refractivity (Wildman–Crippen MR) is 111 cm³/mol. The van der Waals surface area contributed by atoms with Crippen molar-refractivity contribution >= 4 is 5.91 Å². The molecule has 4 heterocycles. The molecule has 3 aliphatic rings. The number of nitrogens with zero attached hydrogens (tertiary/aromatic N) is 3. The first-order chi connectivity index (χ1) is 14.2. The van der Waals surface area contributed by atoms with Crippen molar-refractivity contribution in [2.75, 3.05) is 26.2 Å². The molecule has 0 radical (unpaired) electrons. The lowest BCUT2D eigenvalue weighted by Crippen LogP contribution is -2.49. The van der Waals surface area contributed by atoms with E-state index in [0.29, 0.717) is 30.5 Å². The number of carbonyl (C=O) groups is 1. The number of aromatic nitrogens is 1. The van der Waals surface area contributed by atoms with Gasteiger partial charge in [-0.15, -0.1) is 0 Å². The number of hydrogen-bond acceptors (Lipinski definition) is 5. The minimum Gasteiger partial charge on any atom is -0.439 e. The zero-order chi connectivity index (χ0) is 19.6. The number of oxazole rings is 1. The Hall–Kier alpha value is -2.18. The first kappa shape index (κ1) is 18.8. The Kier molecular flexibility index (Phi) is 5.38. The standard InChI is InChI=1S/C23H30N4O2/c28-23(14-17-12-19-6-7-20(13-17)25-19)27-10-8-26(9-11-27)16-22-24-15-21(29-22)18-4-2-1-3-5-18/h1-5,15,17,19-20,25H,6-14,16H2. The van der Waals surface area contributed by atoms with Crippen LogP contribution in [0.2, 0.25) is 0 Å². The summed E-state index contributed by atoms with van der Waals surface area (Å²) in [5, 5.41) is 3.67. The molecular formula is C23H30N4O2. The number of carbonyl (C=O) groups excluding carboxylic acids is 1. The van der Waals surface area contributed by atoms with Crippen LogP contribution in [0.4, 0.5) is 0 Å². The summed E-state index contributed by atoms with van der Waals surface area (Å²) in [6.07, 6.45) is 7.47. The van der Waals surface area contributed by atoms with Crippen LogP contribution in [0, 0.1) is 5.92 Å². The molecule has 3 aliphatic heterocycles. The summed E-state index contributed by atoms with van der Waals surface area (Å²) in [6.45, 7) is 4.08. The van der Waals surface area contributed by atoms with Crippen molar-refractivity contribution in [3.05, 3.63) is 42.4 Å². The smallest absolute Gasteiger partial charge is 0.222 e. The fourth-order valence-corrected chi connectivity index (χ4v) is 5.18. The summed E-state index contributed by atoms with van der Waals surface area (Å²) in [4.78, 5) is 21.6. The van der Waals surface area contributed by atoms with Gasteiger partial charge < -0.3 is 14.6 Å². The normalized spacial score (nSPS) is 27.3. The van der Waals surface area contributed by atoms with E-state index in [9.17, 15) is 4.79 Å². The Balaban J connectivity index is 1.09. The molecular weight excluding hydrogens is 364 g/mol. The summed E-state index contributed by atoms with van der Waals surface area (Å²) in [6, 6.07) is 11.4. The molecule has 0 aliphatic carbocycles. The number of benzene rings is 1. The molecule has 1 aromatic heterocycles. The monoisotopic (exact) mass is 394 g/mol. The maximum atomic E-state index is 12.8. The van der Waals surface area contributed by atoms with Crippen molar-refractivity contribution in [3.8, 4) is 11.3 Å². The number of fused-ring (bicyclic) bond motifs is 2. The zero-order valence-electron chi connectivity index (χ0n) is 16.9. The molecule has 1 N–H and O–H groups in total. The van der Waals surface area contributed by atoms with Gasteiger partial charge in [0.05, 0.1) is 12.7 Å². The minimum absolute atomic E-state index is 0.346. The lowest BCUT2D eigenvalue weighted by Gasteiger charge is -2.36. The molecule has 6 nitrogen and oxygen atoms in total. The second-order valence-electron chi connectivity index (χ2n) is 8.82. The topological polar surface area (TPSA) is 61.6 Å². The van der Waals surface area contributed by atoms with Crippen molar-refractivity contribution < 1.29 is 9.21 Å². The van der Waals surface area contributed by atoms with Gasteiger partial charge in [-0.05, 0) is 31.6 Å². The van der Waals surface area contributed by atoms with Gasteiger partial charge in [-0.25, -0.2) is 4.98 Å². The van der Waals surface area contributed by atoms with Crippen LogP contribution in [0.25, 0.3) is 11.3 Å². The van der Waals surface area contributed by atoms with E-state index in [1.807, 2.05) is 30.3 Å². The molecule has 3 fully saturated rings. The van der Waals surface area contributed by atoms with E-state index < -0.39 is 0 Å². The van der Waals surface area contributed by atoms with E-state index in [-0.39, 0.29) is 0 Å².